The van der Waals surface area contributed by atoms with Gasteiger partial charge < -0.3 is 9.64 Å². The van der Waals surface area contributed by atoms with Crippen LogP contribution < -0.4 is 4.74 Å². The van der Waals surface area contributed by atoms with E-state index in [1.54, 1.807) is 0 Å². The Morgan fingerprint density at radius 3 is 2.48 bits per heavy atom. The lowest BCUT2D eigenvalue weighted by atomic mass is 10.1. The van der Waals surface area contributed by atoms with E-state index < -0.39 is 0 Å². The number of likely N-dealkylation sites (tertiary alicyclic amines) is 1. The zero-order valence-corrected chi connectivity index (χ0v) is 13.4. The van der Waals surface area contributed by atoms with Crippen LogP contribution in [0.15, 0.2) is 60.7 Å². The minimum absolute atomic E-state index is 0.164. The van der Waals surface area contributed by atoms with Crippen LogP contribution in [0.1, 0.15) is 36.0 Å². The molecule has 1 heterocycles. The highest BCUT2D eigenvalue weighted by atomic mass is 16.5. The molecule has 3 rings (SSSR count). The van der Waals surface area contributed by atoms with Gasteiger partial charge in [0.2, 0.25) is 0 Å². The van der Waals surface area contributed by atoms with Gasteiger partial charge in [0.05, 0.1) is 6.61 Å². The van der Waals surface area contributed by atoms with Gasteiger partial charge in [0.1, 0.15) is 5.75 Å². The van der Waals surface area contributed by atoms with E-state index in [2.05, 4.69) is 0 Å². The van der Waals surface area contributed by atoms with Crippen LogP contribution in [0.25, 0.3) is 0 Å². The van der Waals surface area contributed by atoms with Gasteiger partial charge in [0, 0.05) is 18.2 Å². The van der Waals surface area contributed by atoms with E-state index in [1.165, 1.54) is 0 Å². The van der Waals surface area contributed by atoms with E-state index in [1.807, 2.05) is 65.6 Å². The summed E-state index contributed by atoms with van der Waals surface area (Å²) in [5, 5.41) is 0. The van der Waals surface area contributed by atoms with Crippen molar-refractivity contribution in [1.82, 2.24) is 4.90 Å². The number of para-hydroxylation sites is 1. The van der Waals surface area contributed by atoms with Crippen LogP contribution in [0.4, 0.5) is 0 Å². The first kappa shape index (κ1) is 15.6. The molecule has 0 N–H and O–H groups in total. The van der Waals surface area contributed by atoms with Crippen LogP contribution in [-0.2, 0) is 0 Å². The second kappa shape index (κ2) is 7.82. The molecule has 0 unspecified atom stereocenters. The molecule has 3 nitrogen and oxygen atoms in total. The van der Waals surface area contributed by atoms with Crippen LogP contribution in [0, 0.1) is 0 Å². The van der Waals surface area contributed by atoms with Gasteiger partial charge in [-0.1, -0.05) is 36.4 Å². The summed E-state index contributed by atoms with van der Waals surface area (Å²) in [6, 6.07) is 19.8. The number of hydrogen-bond acceptors (Lipinski definition) is 2. The third-order valence-corrected chi connectivity index (χ3v) is 4.35. The van der Waals surface area contributed by atoms with Crippen molar-refractivity contribution in [3.63, 3.8) is 0 Å². The topological polar surface area (TPSA) is 29.5 Å². The van der Waals surface area contributed by atoms with Gasteiger partial charge in [-0.05, 0) is 49.9 Å². The highest BCUT2D eigenvalue weighted by Crippen LogP contribution is 2.23. The molecule has 2 aromatic carbocycles. The van der Waals surface area contributed by atoms with E-state index in [0.29, 0.717) is 12.6 Å². The summed E-state index contributed by atoms with van der Waals surface area (Å²) < 4.78 is 5.74. The molecular formula is C20H23NO2. The number of carbonyl (C=O) groups excluding carboxylic acids is 1. The van der Waals surface area contributed by atoms with Crippen molar-refractivity contribution in [1.29, 1.82) is 0 Å². The lowest BCUT2D eigenvalue weighted by molar-refractivity contribution is 0.0725. The normalized spacial score (nSPS) is 17.2. The molecular weight excluding hydrogens is 286 g/mol. The molecule has 0 radical (unpaired) electrons. The monoisotopic (exact) mass is 309 g/mol. The summed E-state index contributed by atoms with van der Waals surface area (Å²) in [4.78, 5) is 14.6. The Balaban J connectivity index is 1.48. The van der Waals surface area contributed by atoms with Crippen LogP contribution in [0.3, 0.4) is 0 Å². The molecule has 1 saturated heterocycles. The quantitative estimate of drug-likeness (QED) is 0.750. The molecule has 3 heteroatoms. The summed E-state index contributed by atoms with van der Waals surface area (Å²) in [7, 11) is 0. The van der Waals surface area contributed by atoms with Crippen LogP contribution in [0.2, 0.25) is 0 Å². The van der Waals surface area contributed by atoms with Gasteiger partial charge in [-0.3, -0.25) is 4.79 Å². The molecule has 0 spiro atoms. The molecule has 23 heavy (non-hydrogen) atoms. The maximum absolute atomic E-state index is 12.6. The van der Waals surface area contributed by atoms with Crippen molar-refractivity contribution in [3.05, 3.63) is 66.2 Å². The number of benzene rings is 2. The number of nitrogens with zero attached hydrogens (tertiary/aromatic N) is 1. The molecule has 0 saturated carbocycles. The first-order chi connectivity index (χ1) is 11.3. The third kappa shape index (κ3) is 4.13. The van der Waals surface area contributed by atoms with Crippen molar-refractivity contribution in [2.24, 2.45) is 0 Å². The number of ether oxygens (including phenoxy) is 1. The first-order valence-corrected chi connectivity index (χ1v) is 8.38. The standard InChI is InChI=1S/C20H23NO2/c22-20(17-9-3-1-4-10-17)21-15-7-11-18(21)12-8-16-23-19-13-5-2-6-14-19/h1-6,9-10,13-14,18H,7-8,11-12,15-16H2/t18-/m0/s1. The van der Waals surface area contributed by atoms with E-state index in [9.17, 15) is 4.79 Å². The molecule has 1 aliphatic heterocycles. The SMILES string of the molecule is O=C(c1ccccc1)N1CCC[C@H]1CCCOc1ccccc1. The minimum atomic E-state index is 0.164. The molecule has 120 valence electrons. The predicted octanol–water partition coefficient (Wildman–Crippen LogP) is 4.15. The summed E-state index contributed by atoms with van der Waals surface area (Å²) in [6.45, 7) is 1.58. The maximum atomic E-state index is 12.6. The predicted molar refractivity (Wildman–Crippen MR) is 91.7 cm³/mol. The van der Waals surface area contributed by atoms with Crippen LogP contribution >= 0.6 is 0 Å². The van der Waals surface area contributed by atoms with Crippen LogP contribution in [0.5, 0.6) is 5.75 Å². The van der Waals surface area contributed by atoms with Crippen LogP contribution in [-0.4, -0.2) is 30.0 Å². The Labute approximate surface area is 137 Å². The summed E-state index contributed by atoms with van der Waals surface area (Å²) in [5.41, 5.74) is 0.792. The second-order valence-corrected chi connectivity index (χ2v) is 5.96. The van der Waals surface area contributed by atoms with Gasteiger partial charge >= 0.3 is 0 Å². The highest BCUT2D eigenvalue weighted by Gasteiger charge is 2.28. The van der Waals surface area contributed by atoms with Crippen molar-refractivity contribution < 1.29 is 9.53 Å². The summed E-state index contributed by atoms with van der Waals surface area (Å²) in [6.07, 6.45) is 4.18. The lowest BCUT2D eigenvalue weighted by Crippen LogP contribution is -2.35. The fourth-order valence-corrected chi connectivity index (χ4v) is 3.18. The molecule has 1 fully saturated rings. The van der Waals surface area contributed by atoms with Gasteiger partial charge in [-0.25, -0.2) is 0 Å². The smallest absolute Gasteiger partial charge is 0.254 e. The number of amides is 1. The molecule has 1 amide bonds. The summed E-state index contributed by atoms with van der Waals surface area (Å²) in [5.74, 6) is 1.08. The summed E-state index contributed by atoms with van der Waals surface area (Å²) >= 11 is 0. The Bertz CT molecular complexity index is 612. The van der Waals surface area contributed by atoms with Gasteiger partial charge in [-0.15, -0.1) is 0 Å². The zero-order chi connectivity index (χ0) is 15.9. The Hall–Kier alpha value is -2.29. The fraction of sp³-hybridized carbons (Fsp3) is 0.350. The fourth-order valence-electron chi connectivity index (χ4n) is 3.18. The van der Waals surface area contributed by atoms with Crippen molar-refractivity contribution in [2.45, 2.75) is 31.7 Å². The number of carbonyl (C=O) groups is 1. The lowest BCUT2D eigenvalue weighted by Gasteiger charge is -2.25. The Morgan fingerprint density at radius 1 is 1.04 bits per heavy atom. The van der Waals surface area contributed by atoms with Crippen molar-refractivity contribution in [2.75, 3.05) is 13.2 Å². The van der Waals surface area contributed by atoms with E-state index >= 15 is 0 Å². The molecule has 0 bridgehead atoms. The van der Waals surface area contributed by atoms with E-state index in [4.69, 9.17) is 4.74 Å². The average molecular weight is 309 g/mol. The van der Waals surface area contributed by atoms with Gasteiger partial charge in [-0.2, -0.15) is 0 Å². The van der Waals surface area contributed by atoms with Gasteiger partial charge in [0.25, 0.3) is 5.91 Å². The highest BCUT2D eigenvalue weighted by molar-refractivity contribution is 5.94. The number of rotatable bonds is 6. The largest absolute Gasteiger partial charge is 0.494 e. The molecule has 2 aromatic rings. The molecule has 1 aliphatic rings. The van der Waals surface area contributed by atoms with E-state index in [-0.39, 0.29) is 5.91 Å². The average Bonchev–Trinajstić information content (AvgIpc) is 3.08. The van der Waals surface area contributed by atoms with Crippen molar-refractivity contribution in [3.8, 4) is 5.75 Å². The minimum Gasteiger partial charge on any atom is -0.494 e. The third-order valence-electron chi connectivity index (χ3n) is 4.35. The van der Waals surface area contributed by atoms with E-state index in [0.717, 1.165) is 43.5 Å². The maximum Gasteiger partial charge on any atom is 0.254 e. The molecule has 0 aromatic heterocycles. The molecule has 1 atom stereocenters. The van der Waals surface area contributed by atoms with Crippen molar-refractivity contribution >= 4 is 5.91 Å². The number of hydrogen-bond donors (Lipinski definition) is 0. The Morgan fingerprint density at radius 2 is 1.74 bits per heavy atom. The zero-order valence-electron chi connectivity index (χ0n) is 13.4. The first-order valence-electron chi connectivity index (χ1n) is 8.38. The second-order valence-electron chi connectivity index (χ2n) is 5.96. The Kier molecular flexibility index (Phi) is 5.30. The molecule has 0 aliphatic carbocycles. The van der Waals surface area contributed by atoms with Gasteiger partial charge in [0.15, 0.2) is 0 Å².